The van der Waals surface area contributed by atoms with Crippen molar-refractivity contribution < 1.29 is 9.21 Å². The highest BCUT2D eigenvalue weighted by atomic mass is 16.4. The van der Waals surface area contributed by atoms with Crippen LogP contribution in [-0.2, 0) is 6.54 Å². The number of hydrogen-bond acceptors (Lipinski definition) is 3. The molecular weight excluding hydrogens is 350 g/mol. The number of rotatable bonds is 5. The normalized spacial score (nSPS) is 19.1. The van der Waals surface area contributed by atoms with Crippen molar-refractivity contribution in [3.8, 4) is 0 Å². The molecule has 4 rings (SSSR count). The Kier molecular flexibility index (Phi) is 5.88. The highest BCUT2D eigenvalue weighted by Crippen LogP contribution is 2.31. The molecule has 0 saturated heterocycles. The summed E-state index contributed by atoms with van der Waals surface area (Å²) in [6.07, 6.45) is 12.1. The fourth-order valence-corrected chi connectivity index (χ4v) is 5.04. The highest BCUT2D eigenvalue weighted by Gasteiger charge is 2.34. The van der Waals surface area contributed by atoms with E-state index < -0.39 is 0 Å². The molecular formula is C23H33N3O2. The molecule has 0 spiro atoms. The van der Waals surface area contributed by atoms with Gasteiger partial charge in [-0.1, -0.05) is 38.5 Å². The Hall–Kier alpha value is -2.04. The van der Waals surface area contributed by atoms with E-state index in [1.807, 2.05) is 30.7 Å². The third kappa shape index (κ3) is 4.18. The zero-order chi connectivity index (χ0) is 19.5. The lowest BCUT2D eigenvalue weighted by Crippen LogP contribution is -2.48. The van der Waals surface area contributed by atoms with Gasteiger partial charge in [-0.25, -0.2) is 0 Å². The monoisotopic (exact) mass is 383 g/mol. The van der Waals surface area contributed by atoms with Crippen LogP contribution in [0.4, 0.5) is 0 Å². The Morgan fingerprint density at radius 2 is 1.64 bits per heavy atom. The molecule has 2 aliphatic carbocycles. The predicted octanol–water partition coefficient (Wildman–Crippen LogP) is 5.25. The minimum absolute atomic E-state index is 0.0958. The Bertz CT molecular complexity index is 777. The van der Waals surface area contributed by atoms with Crippen LogP contribution in [0.5, 0.6) is 0 Å². The van der Waals surface area contributed by atoms with Crippen molar-refractivity contribution in [3.05, 3.63) is 41.1 Å². The van der Waals surface area contributed by atoms with Crippen LogP contribution >= 0.6 is 0 Å². The molecule has 0 atom stereocenters. The topological polar surface area (TPSA) is 51.3 Å². The number of aromatic nitrogens is 2. The van der Waals surface area contributed by atoms with Crippen LogP contribution in [0.1, 0.15) is 91.9 Å². The van der Waals surface area contributed by atoms with Crippen molar-refractivity contribution in [1.29, 1.82) is 0 Å². The quantitative estimate of drug-likeness (QED) is 0.709. The zero-order valence-corrected chi connectivity index (χ0v) is 17.3. The minimum atomic E-state index is 0.0958. The van der Waals surface area contributed by atoms with Gasteiger partial charge in [0, 0.05) is 17.8 Å². The van der Waals surface area contributed by atoms with Crippen molar-refractivity contribution >= 4 is 5.91 Å². The van der Waals surface area contributed by atoms with Crippen molar-refractivity contribution in [2.75, 3.05) is 0 Å². The second-order valence-corrected chi connectivity index (χ2v) is 8.65. The number of furan rings is 1. The van der Waals surface area contributed by atoms with Gasteiger partial charge in [0.05, 0.1) is 12.2 Å². The van der Waals surface area contributed by atoms with Gasteiger partial charge in [0.15, 0.2) is 5.76 Å². The molecule has 5 nitrogen and oxygen atoms in total. The molecule has 5 heteroatoms. The molecule has 2 aliphatic rings. The molecule has 152 valence electrons. The summed E-state index contributed by atoms with van der Waals surface area (Å²) in [6, 6.07) is 6.62. The van der Waals surface area contributed by atoms with E-state index in [1.54, 1.807) is 0 Å². The van der Waals surface area contributed by atoms with E-state index in [9.17, 15) is 4.79 Å². The molecule has 2 heterocycles. The molecule has 2 saturated carbocycles. The Balaban J connectivity index is 1.52. The predicted molar refractivity (Wildman–Crippen MR) is 109 cm³/mol. The van der Waals surface area contributed by atoms with Gasteiger partial charge in [-0.2, -0.15) is 5.10 Å². The average molecular weight is 384 g/mol. The summed E-state index contributed by atoms with van der Waals surface area (Å²) >= 11 is 0. The number of amides is 1. The van der Waals surface area contributed by atoms with Gasteiger partial charge in [-0.05, 0) is 57.7 Å². The van der Waals surface area contributed by atoms with E-state index in [0.29, 0.717) is 24.4 Å². The molecule has 2 fully saturated rings. The summed E-state index contributed by atoms with van der Waals surface area (Å²) in [5, 5.41) is 4.50. The maximum absolute atomic E-state index is 13.5. The summed E-state index contributed by atoms with van der Waals surface area (Å²) in [6.45, 7) is 4.61. The van der Waals surface area contributed by atoms with E-state index in [-0.39, 0.29) is 5.91 Å². The molecule has 1 amide bonds. The second kappa shape index (κ2) is 8.54. The molecule has 0 N–H and O–H groups in total. The smallest absolute Gasteiger partial charge is 0.290 e. The van der Waals surface area contributed by atoms with Crippen LogP contribution in [0.2, 0.25) is 0 Å². The first-order valence-corrected chi connectivity index (χ1v) is 11.0. The Morgan fingerprint density at radius 3 is 2.18 bits per heavy atom. The van der Waals surface area contributed by atoms with Gasteiger partial charge in [-0.3, -0.25) is 9.48 Å². The SMILES string of the molecule is Cc1cc(C)n(Cc2ccc(C(=O)N(C3CCCCC3)C3CCCCC3)o2)n1. The number of hydrogen-bond donors (Lipinski definition) is 0. The lowest BCUT2D eigenvalue weighted by atomic mass is 9.88. The van der Waals surface area contributed by atoms with Gasteiger partial charge in [0.25, 0.3) is 5.91 Å². The molecule has 0 unspecified atom stereocenters. The first-order valence-electron chi connectivity index (χ1n) is 11.0. The summed E-state index contributed by atoms with van der Waals surface area (Å²) in [5.74, 6) is 1.38. The third-order valence-electron chi connectivity index (χ3n) is 6.45. The number of nitrogens with zero attached hydrogens (tertiary/aromatic N) is 3. The molecule has 0 bridgehead atoms. The largest absolute Gasteiger partial charge is 0.454 e. The summed E-state index contributed by atoms with van der Waals surface area (Å²) in [5.41, 5.74) is 2.11. The maximum atomic E-state index is 13.5. The van der Waals surface area contributed by atoms with Gasteiger partial charge in [-0.15, -0.1) is 0 Å². The van der Waals surface area contributed by atoms with Gasteiger partial charge in [0.1, 0.15) is 5.76 Å². The molecule has 0 aliphatic heterocycles. The number of carbonyl (C=O) groups is 1. The average Bonchev–Trinajstić information content (AvgIpc) is 3.30. The van der Waals surface area contributed by atoms with Crippen LogP contribution in [0.3, 0.4) is 0 Å². The van der Waals surface area contributed by atoms with E-state index in [0.717, 1.165) is 42.8 Å². The van der Waals surface area contributed by atoms with Crippen molar-refractivity contribution in [2.24, 2.45) is 0 Å². The molecule has 0 aromatic carbocycles. The van der Waals surface area contributed by atoms with Gasteiger partial charge >= 0.3 is 0 Å². The molecule has 2 aromatic rings. The first-order chi connectivity index (χ1) is 13.6. The van der Waals surface area contributed by atoms with Gasteiger partial charge < -0.3 is 9.32 Å². The Labute approximate surface area is 168 Å². The van der Waals surface area contributed by atoms with Crippen LogP contribution in [0.25, 0.3) is 0 Å². The van der Waals surface area contributed by atoms with Crippen molar-refractivity contribution in [3.63, 3.8) is 0 Å². The third-order valence-corrected chi connectivity index (χ3v) is 6.45. The Morgan fingerprint density at radius 1 is 1.04 bits per heavy atom. The zero-order valence-electron chi connectivity index (χ0n) is 17.3. The summed E-state index contributed by atoms with van der Waals surface area (Å²) in [4.78, 5) is 15.7. The van der Waals surface area contributed by atoms with Crippen LogP contribution in [-0.4, -0.2) is 32.7 Å². The highest BCUT2D eigenvalue weighted by molar-refractivity contribution is 5.92. The van der Waals surface area contributed by atoms with E-state index in [1.165, 1.54) is 38.5 Å². The van der Waals surface area contributed by atoms with Gasteiger partial charge in [0.2, 0.25) is 0 Å². The second-order valence-electron chi connectivity index (χ2n) is 8.65. The standard InChI is InChI=1S/C23H33N3O2/c1-17-15-18(2)25(24-17)16-21-13-14-22(28-21)23(27)26(19-9-5-3-6-10-19)20-11-7-4-8-12-20/h13-15,19-20H,3-12,16H2,1-2H3. The van der Waals surface area contributed by atoms with Crippen molar-refractivity contribution in [2.45, 2.75) is 96.7 Å². The van der Waals surface area contributed by atoms with E-state index in [4.69, 9.17) is 4.42 Å². The molecule has 2 aromatic heterocycles. The number of aryl methyl sites for hydroxylation is 2. The fourth-order valence-electron chi connectivity index (χ4n) is 5.04. The van der Waals surface area contributed by atoms with E-state index in [2.05, 4.69) is 16.1 Å². The van der Waals surface area contributed by atoms with Crippen LogP contribution < -0.4 is 0 Å². The van der Waals surface area contributed by atoms with E-state index >= 15 is 0 Å². The lowest BCUT2D eigenvalue weighted by molar-refractivity contribution is 0.0415. The maximum Gasteiger partial charge on any atom is 0.290 e. The van der Waals surface area contributed by atoms with Crippen molar-refractivity contribution in [1.82, 2.24) is 14.7 Å². The lowest BCUT2D eigenvalue weighted by Gasteiger charge is -2.41. The van der Waals surface area contributed by atoms with Crippen LogP contribution in [0, 0.1) is 13.8 Å². The first kappa shape index (κ1) is 19.3. The van der Waals surface area contributed by atoms with Crippen LogP contribution in [0.15, 0.2) is 22.6 Å². The molecule has 28 heavy (non-hydrogen) atoms. The number of carbonyl (C=O) groups excluding carboxylic acids is 1. The minimum Gasteiger partial charge on any atom is -0.454 e. The summed E-state index contributed by atoms with van der Waals surface area (Å²) in [7, 11) is 0. The molecule has 0 radical (unpaired) electrons. The summed E-state index contributed by atoms with van der Waals surface area (Å²) < 4.78 is 7.96. The fraction of sp³-hybridized carbons (Fsp3) is 0.652.